The Bertz CT molecular complexity index is 1040. The number of benzene rings is 2. The second-order valence-corrected chi connectivity index (χ2v) is 5.36. The minimum Gasteiger partial charge on any atom is -0.365 e. The van der Waals surface area contributed by atoms with Crippen molar-refractivity contribution in [3.8, 4) is 22.6 Å². The van der Waals surface area contributed by atoms with Gasteiger partial charge in [0.05, 0.1) is 23.0 Å². The summed E-state index contributed by atoms with van der Waals surface area (Å²) >= 11 is 0. The van der Waals surface area contributed by atoms with Crippen molar-refractivity contribution in [3.05, 3.63) is 66.5 Å². The van der Waals surface area contributed by atoms with Gasteiger partial charge in [-0.25, -0.2) is 9.97 Å². The standard InChI is InChI=1S/C18H13N5O/c19-17(24)14-10-20-18(11-4-2-1-3-5-11)22-16(14)12-6-7-15-13(8-12)9-21-23-15/h1-10H,(H2,19,24)(H,21,23). The molecular weight excluding hydrogens is 302 g/mol. The predicted molar refractivity (Wildman–Crippen MR) is 91.1 cm³/mol. The molecule has 0 aliphatic rings. The second kappa shape index (κ2) is 5.58. The molecule has 2 aromatic carbocycles. The Kier molecular flexibility index (Phi) is 3.28. The number of amides is 1. The van der Waals surface area contributed by atoms with E-state index in [1.807, 2.05) is 48.5 Å². The molecule has 4 rings (SSSR count). The zero-order chi connectivity index (χ0) is 16.5. The molecule has 0 bridgehead atoms. The van der Waals surface area contributed by atoms with Gasteiger partial charge in [-0.05, 0) is 12.1 Å². The molecule has 4 aromatic rings. The molecule has 0 fully saturated rings. The Balaban J connectivity index is 1.92. The zero-order valence-electron chi connectivity index (χ0n) is 12.6. The number of nitrogens with one attached hydrogen (secondary N) is 1. The lowest BCUT2D eigenvalue weighted by Crippen LogP contribution is -2.14. The highest BCUT2D eigenvalue weighted by Gasteiger charge is 2.15. The Hall–Kier alpha value is -3.54. The monoisotopic (exact) mass is 315 g/mol. The molecule has 0 unspecified atom stereocenters. The molecular formula is C18H13N5O. The molecule has 0 radical (unpaired) electrons. The first-order valence-electron chi connectivity index (χ1n) is 7.38. The lowest BCUT2D eigenvalue weighted by molar-refractivity contribution is 0.100. The van der Waals surface area contributed by atoms with Crippen LogP contribution < -0.4 is 5.73 Å². The number of H-pyrrole nitrogens is 1. The van der Waals surface area contributed by atoms with Crippen LogP contribution in [-0.2, 0) is 0 Å². The summed E-state index contributed by atoms with van der Waals surface area (Å²) < 4.78 is 0. The van der Waals surface area contributed by atoms with E-state index in [9.17, 15) is 4.79 Å². The molecule has 0 atom stereocenters. The molecule has 3 N–H and O–H groups in total. The summed E-state index contributed by atoms with van der Waals surface area (Å²) in [4.78, 5) is 20.6. The van der Waals surface area contributed by atoms with Crippen LogP contribution in [-0.4, -0.2) is 26.1 Å². The van der Waals surface area contributed by atoms with Crippen LogP contribution in [0.4, 0.5) is 0 Å². The summed E-state index contributed by atoms with van der Waals surface area (Å²) in [7, 11) is 0. The van der Waals surface area contributed by atoms with Crippen molar-refractivity contribution in [1.82, 2.24) is 20.2 Å². The molecule has 0 spiro atoms. The zero-order valence-corrected chi connectivity index (χ0v) is 12.6. The van der Waals surface area contributed by atoms with Gasteiger partial charge in [0.2, 0.25) is 0 Å². The van der Waals surface area contributed by atoms with E-state index in [4.69, 9.17) is 5.73 Å². The predicted octanol–water partition coefficient (Wildman–Crippen LogP) is 2.79. The van der Waals surface area contributed by atoms with E-state index in [0.29, 0.717) is 11.5 Å². The summed E-state index contributed by atoms with van der Waals surface area (Å²) in [5.41, 5.74) is 8.88. The van der Waals surface area contributed by atoms with Crippen LogP contribution in [0.25, 0.3) is 33.5 Å². The summed E-state index contributed by atoms with van der Waals surface area (Å²) in [6.45, 7) is 0. The average Bonchev–Trinajstić information content (AvgIpc) is 3.09. The van der Waals surface area contributed by atoms with Crippen LogP contribution in [0.3, 0.4) is 0 Å². The SMILES string of the molecule is NC(=O)c1cnc(-c2ccccc2)nc1-c1ccc2[nH]ncc2c1. The van der Waals surface area contributed by atoms with Crippen molar-refractivity contribution in [2.45, 2.75) is 0 Å². The Morgan fingerprint density at radius 2 is 1.83 bits per heavy atom. The number of rotatable bonds is 3. The fourth-order valence-corrected chi connectivity index (χ4v) is 2.60. The van der Waals surface area contributed by atoms with Gasteiger partial charge in [-0.2, -0.15) is 5.10 Å². The third-order valence-electron chi connectivity index (χ3n) is 3.80. The van der Waals surface area contributed by atoms with Crippen LogP contribution in [0.2, 0.25) is 0 Å². The number of aromatic amines is 1. The maximum absolute atomic E-state index is 11.8. The van der Waals surface area contributed by atoms with E-state index in [1.165, 1.54) is 6.20 Å². The minimum absolute atomic E-state index is 0.289. The van der Waals surface area contributed by atoms with Gasteiger partial charge in [0.15, 0.2) is 5.82 Å². The van der Waals surface area contributed by atoms with E-state index in [-0.39, 0.29) is 5.56 Å². The second-order valence-electron chi connectivity index (χ2n) is 5.36. The van der Waals surface area contributed by atoms with Gasteiger partial charge in [-0.3, -0.25) is 9.89 Å². The number of nitrogens with two attached hydrogens (primary N) is 1. The van der Waals surface area contributed by atoms with E-state index >= 15 is 0 Å². The first-order valence-corrected chi connectivity index (χ1v) is 7.38. The van der Waals surface area contributed by atoms with Crippen molar-refractivity contribution < 1.29 is 4.79 Å². The molecule has 116 valence electrons. The third kappa shape index (κ3) is 2.40. The molecule has 0 aliphatic carbocycles. The number of primary amides is 1. The van der Waals surface area contributed by atoms with Crippen LogP contribution in [0.15, 0.2) is 60.9 Å². The quantitative estimate of drug-likeness (QED) is 0.607. The van der Waals surface area contributed by atoms with Crippen LogP contribution in [0, 0.1) is 0 Å². The van der Waals surface area contributed by atoms with Gasteiger partial charge in [-0.1, -0.05) is 36.4 Å². The molecule has 1 amide bonds. The number of fused-ring (bicyclic) bond motifs is 1. The Morgan fingerprint density at radius 3 is 2.62 bits per heavy atom. The van der Waals surface area contributed by atoms with Crippen molar-refractivity contribution in [1.29, 1.82) is 0 Å². The van der Waals surface area contributed by atoms with Gasteiger partial charge in [-0.15, -0.1) is 0 Å². The van der Waals surface area contributed by atoms with Crippen LogP contribution >= 0.6 is 0 Å². The normalized spacial score (nSPS) is 10.8. The largest absolute Gasteiger partial charge is 0.365 e. The summed E-state index contributed by atoms with van der Waals surface area (Å²) in [5, 5.41) is 7.84. The van der Waals surface area contributed by atoms with Crippen molar-refractivity contribution >= 4 is 16.8 Å². The smallest absolute Gasteiger partial charge is 0.252 e. The number of nitrogens with zero attached hydrogens (tertiary/aromatic N) is 3. The highest BCUT2D eigenvalue weighted by atomic mass is 16.1. The Labute approximate surface area is 137 Å². The van der Waals surface area contributed by atoms with E-state index in [2.05, 4.69) is 20.2 Å². The van der Waals surface area contributed by atoms with Gasteiger partial charge in [0.25, 0.3) is 5.91 Å². The fraction of sp³-hybridized carbons (Fsp3) is 0. The number of aromatic nitrogens is 4. The topological polar surface area (TPSA) is 97.5 Å². The van der Waals surface area contributed by atoms with Crippen LogP contribution in [0.5, 0.6) is 0 Å². The highest BCUT2D eigenvalue weighted by Crippen LogP contribution is 2.26. The maximum atomic E-state index is 11.8. The molecule has 2 heterocycles. The van der Waals surface area contributed by atoms with Crippen molar-refractivity contribution in [2.24, 2.45) is 5.73 Å². The Morgan fingerprint density at radius 1 is 1.00 bits per heavy atom. The van der Waals surface area contributed by atoms with Gasteiger partial charge in [0.1, 0.15) is 0 Å². The van der Waals surface area contributed by atoms with Crippen molar-refractivity contribution in [2.75, 3.05) is 0 Å². The fourth-order valence-electron chi connectivity index (χ4n) is 2.60. The van der Waals surface area contributed by atoms with Gasteiger partial charge in [0, 0.05) is 22.7 Å². The molecule has 0 aliphatic heterocycles. The highest BCUT2D eigenvalue weighted by molar-refractivity contribution is 5.99. The molecule has 6 nitrogen and oxygen atoms in total. The summed E-state index contributed by atoms with van der Waals surface area (Å²) in [6.07, 6.45) is 3.20. The van der Waals surface area contributed by atoms with Gasteiger partial charge >= 0.3 is 0 Å². The summed E-state index contributed by atoms with van der Waals surface area (Å²) in [5.74, 6) is -0.0141. The van der Waals surface area contributed by atoms with Crippen molar-refractivity contribution in [3.63, 3.8) is 0 Å². The molecule has 2 aromatic heterocycles. The first-order chi connectivity index (χ1) is 11.7. The summed E-state index contributed by atoms with van der Waals surface area (Å²) in [6, 6.07) is 15.3. The molecule has 0 saturated carbocycles. The molecule has 24 heavy (non-hydrogen) atoms. The number of hydrogen-bond donors (Lipinski definition) is 2. The minimum atomic E-state index is -0.558. The van der Waals surface area contributed by atoms with E-state index < -0.39 is 5.91 Å². The number of carbonyl (C=O) groups excluding carboxylic acids is 1. The molecule has 6 heteroatoms. The number of hydrogen-bond acceptors (Lipinski definition) is 4. The van der Waals surface area contributed by atoms with E-state index in [0.717, 1.165) is 22.0 Å². The molecule has 0 saturated heterocycles. The van der Waals surface area contributed by atoms with E-state index in [1.54, 1.807) is 6.20 Å². The number of carbonyl (C=O) groups is 1. The maximum Gasteiger partial charge on any atom is 0.252 e. The lowest BCUT2D eigenvalue weighted by Gasteiger charge is -2.08. The lowest BCUT2D eigenvalue weighted by atomic mass is 10.0. The third-order valence-corrected chi connectivity index (χ3v) is 3.80. The van der Waals surface area contributed by atoms with Crippen LogP contribution in [0.1, 0.15) is 10.4 Å². The first kappa shape index (κ1) is 14.1. The average molecular weight is 315 g/mol. The van der Waals surface area contributed by atoms with Gasteiger partial charge < -0.3 is 5.73 Å².